The number of halogens is 1. The molecule has 1 N–H and O–H groups in total. The molecule has 0 atom stereocenters. The molecule has 0 unspecified atom stereocenters. The molecule has 5 nitrogen and oxygen atoms in total. The fourth-order valence-electron chi connectivity index (χ4n) is 2.67. The molecule has 1 aliphatic heterocycles. The second kappa shape index (κ2) is 8.65. The molecule has 0 aromatic heterocycles. The quantitative estimate of drug-likeness (QED) is 0.613. The number of nitrogens with one attached hydrogen (secondary N) is 1. The number of amides is 1. The van der Waals surface area contributed by atoms with Crippen molar-refractivity contribution in [1.29, 1.82) is 5.26 Å². The van der Waals surface area contributed by atoms with E-state index in [2.05, 4.69) is 26.1 Å². The molecule has 1 fully saturated rings. The zero-order chi connectivity index (χ0) is 18.4. The predicted octanol–water partition coefficient (Wildman–Crippen LogP) is 3.83. The molecular weight excluding hydrogens is 394 g/mol. The van der Waals surface area contributed by atoms with Crippen LogP contribution >= 0.6 is 15.9 Å². The largest absolute Gasteiger partial charge is 0.378 e. The van der Waals surface area contributed by atoms with Crippen molar-refractivity contribution in [3.8, 4) is 6.07 Å². The molecule has 0 spiro atoms. The Morgan fingerprint density at radius 1 is 1.15 bits per heavy atom. The molecule has 6 heteroatoms. The molecule has 3 rings (SSSR count). The summed E-state index contributed by atoms with van der Waals surface area (Å²) in [4.78, 5) is 14.6. The number of nitriles is 1. The van der Waals surface area contributed by atoms with Crippen molar-refractivity contribution in [3.63, 3.8) is 0 Å². The van der Waals surface area contributed by atoms with Crippen molar-refractivity contribution < 1.29 is 9.53 Å². The van der Waals surface area contributed by atoms with Crippen molar-refractivity contribution in [3.05, 3.63) is 64.1 Å². The summed E-state index contributed by atoms with van der Waals surface area (Å²) in [5, 5.41) is 12.1. The maximum atomic E-state index is 12.4. The number of nitrogens with zero attached hydrogens (tertiary/aromatic N) is 2. The second-order valence-electron chi connectivity index (χ2n) is 5.79. The van der Waals surface area contributed by atoms with Gasteiger partial charge in [0.25, 0.3) is 5.91 Å². The molecule has 0 aliphatic carbocycles. The van der Waals surface area contributed by atoms with Crippen LogP contribution in [0.15, 0.2) is 58.6 Å². The van der Waals surface area contributed by atoms with E-state index in [4.69, 9.17) is 4.74 Å². The van der Waals surface area contributed by atoms with Gasteiger partial charge in [0.2, 0.25) is 0 Å². The predicted molar refractivity (Wildman–Crippen MR) is 106 cm³/mol. The standard InChI is InChI=1S/C20H18BrN3O2/c21-19-4-2-1-3-15(19)13-16(14-22)20(25)23-17-5-7-18(8-6-17)24-9-11-26-12-10-24/h1-8,13H,9-12H2,(H,23,25)/b16-13+. The molecule has 1 heterocycles. The van der Waals surface area contributed by atoms with Crippen LogP contribution < -0.4 is 10.2 Å². The number of anilines is 2. The molecule has 2 aromatic rings. The molecule has 1 aliphatic rings. The molecule has 0 saturated carbocycles. The lowest BCUT2D eigenvalue weighted by Crippen LogP contribution is -2.36. The highest BCUT2D eigenvalue weighted by Gasteiger charge is 2.13. The smallest absolute Gasteiger partial charge is 0.266 e. The van der Waals surface area contributed by atoms with E-state index in [1.807, 2.05) is 54.6 Å². The molecule has 132 valence electrons. The average molecular weight is 412 g/mol. The average Bonchev–Trinajstić information content (AvgIpc) is 2.68. The van der Waals surface area contributed by atoms with E-state index >= 15 is 0 Å². The van der Waals surface area contributed by atoms with E-state index in [1.165, 1.54) is 0 Å². The van der Waals surface area contributed by atoms with Crippen LogP contribution in [-0.2, 0) is 9.53 Å². The fraction of sp³-hybridized carbons (Fsp3) is 0.200. The number of carbonyl (C=O) groups is 1. The molecule has 1 saturated heterocycles. The van der Waals surface area contributed by atoms with Gasteiger partial charge >= 0.3 is 0 Å². The van der Waals surface area contributed by atoms with Gasteiger partial charge in [-0.25, -0.2) is 0 Å². The van der Waals surface area contributed by atoms with Crippen molar-refractivity contribution in [2.24, 2.45) is 0 Å². The number of morpholine rings is 1. The third-order valence-corrected chi connectivity index (χ3v) is 4.79. The van der Waals surface area contributed by atoms with Crippen LogP contribution in [0.4, 0.5) is 11.4 Å². The van der Waals surface area contributed by atoms with Crippen LogP contribution in [0.5, 0.6) is 0 Å². The SMILES string of the molecule is N#C/C(=C\c1ccccc1Br)C(=O)Nc1ccc(N2CCOCC2)cc1. The first kappa shape index (κ1) is 18.2. The van der Waals surface area contributed by atoms with Gasteiger partial charge in [-0.3, -0.25) is 4.79 Å². The van der Waals surface area contributed by atoms with Gasteiger partial charge in [0.15, 0.2) is 0 Å². The number of ether oxygens (including phenoxy) is 1. The fourth-order valence-corrected chi connectivity index (χ4v) is 3.07. The Kier molecular flexibility index (Phi) is 6.05. The van der Waals surface area contributed by atoms with E-state index < -0.39 is 5.91 Å². The van der Waals surface area contributed by atoms with E-state index in [-0.39, 0.29) is 5.57 Å². The van der Waals surface area contributed by atoms with Crippen molar-refractivity contribution in [2.75, 3.05) is 36.5 Å². The first-order chi connectivity index (χ1) is 12.7. The lowest BCUT2D eigenvalue weighted by molar-refractivity contribution is -0.112. The molecule has 2 aromatic carbocycles. The lowest BCUT2D eigenvalue weighted by atomic mass is 10.1. The Morgan fingerprint density at radius 3 is 2.50 bits per heavy atom. The third kappa shape index (κ3) is 4.51. The number of hydrogen-bond donors (Lipinski definition) is 1. The van der Waals surface area contributed by atoms with E-state index in [9.17, 15) is 10.1 Å². The van der Waals surface area contributed by atoms with E-state index in [1.54, 1.807) is 6.08 Å². The Morgan fingerprint density at radius 2 is 1.85 bits per heavy atom. The van der Waals surface area contributed by atoms with Gasteiger partial charge < -0.3 is 15.0 Å². The van der Waals surface area contributed by atoms with Gasteiger partial charge in [-0.05, 0) is 42.0 Å². The first-order valence-electron chi connectivity index (χ1n) is 8.28. The third-order valence-electron chi connectivity index (χ3n) is 4.07. The minimum Gasteiger partial charge on any atom is -0.378 e. The van der Waals surface area contributed by atoms with E-state index in [0.29, 0.717) is 5.69 Å². The number of carbonyl (C=O) groups excluding carboxylic acids is 1. The maximum Gasteiger partial charge on any atom is 0.266 e. The summed E-state index contributed by atoms with van der Waals surface area (Å²) in [5.74, 6) is -0.428. The van der Waals surface area contributed by atoms with Crippen molar-refractivity contribution in [2.45, 2.75) is 0 Å². The summed E-state index contributed by atoms with van der Waals surface area (Å²) in [7, 11) is 0. The van der Waals surface area contributed by atoms with Crippen molar-refractivity contribution >= 4 is 39.3 Å². The minimum atomic E-state index is -0.428. The Labute approximate surface area is 161 Å². The normalized spacial score (nSPS) is 14.6. The van der Waals surface area contributed by atoms with Crippen molar-refractivity contribution in [1.82, 2.24) is 0 Å². The minimum absolute atomic E-state index is 0.0501. The topological polar surface area (TPSA) is 65.4 Å². The lowest BCUT2D eigenvalue weighted by Gasteiger charge is -2.28. The zero-order valence-corrected chi connectivity index (χ0v) is 15.7. The monoisotopic (exact) mass is 411 g/mol. The van der Waals surface area contributed by atoms with Gasteiger partial charge in [0.1, 0.15) is 11.6 Å². The van der Waals surface area contributed by atoms with Gasteiger partial charge in [0, 0.05) is 28.9 Å². The van der Waals surface area contributed by atoms with Crippen LogP contribution in [0.2, 0.25) is 0 Å². The molecule has 0 radical (unpaired) electrons. The molecule has 0 bridgehead atoms. The Balaban J connectivity index is 1.70. The second-order valence-corrected chi connectivity index (χ2v) is 6.65. The molecule has 26 heavy (non-hydrogen) atoms. The summed E-state index contributed by atoms with van der Waals surface area (Å²) in [6.45, 7) is 3.17. The van der Waals surface area contributed by atoms with Crippen LogP contribution in [0.25, 0.3) is 6.08 Å². The van der Waals surface area contributed by atoms with Crippen LogP contribution in [0, 0.1) is 11.3 Å². The Hall–Kier alpha value is -2.62. The van der Waals surface area contributed by atoms with Crippen LogP contribution in [0.1, 0.15) is 5.56 Å². The number of rotatable bonds is 4. The highest BCUT2D eigenvalue weighted by molar-refractivity contribution is 9.10. The Bertz CT molecular complexity index is 850. The summed E-state index contributed by atoms with van der Waals surface area (Å²) < 4.78 is 6.18. The zero-order valence-electron chi connectivity index (χ0n) is 14.1. The van der Waals surface area contributed by atoms with Crippen LogP contribution in [0.3, 0.4) is 0 Å². The summed E-state index contributed by atoms with van der Waals surface area (Å²) in [5.41, 5.74) is 2.58. The summed E-state index contributed by atoms with van der Waals surface area (Å²) in [6, 6.07) is 17.0. The highest BCUT2D eigenvalue weighted by atomic mass is 79.9. The number of benzene rings is 2. The highest BCUT2D eigenvalue weighted by Crippen LogP contribution is 2.21. The van der Waals surface area contributed by atoms with E-state index in [0.717, 1.165) is 42.0 Å². The molecular formula is C20H18BrN3O2. The number of hydrogen-bond acceptors (Lipinski definition) is 4. The van der Waals surface area contributed by atoms with Gasteiger partial charge in [-0.15, -0.1) is 0 Å². The van der Waals surface area contributed by atoms with Crippen LogP contribution in [-0.4, -0.2) is 32.2 Å². The summed E-state index contributed by atoms with van der Waals surface area (Å²) in [6.07, 6.45) is 1.57. The van der Waals surface area contributed by atoms with Gasteiger partial charge in [-0.2, -0.15) is 5.26 Å². The summed E-state index contributed by atoms with van der Waals surface area (Å²) >= 11 is 3.42. The molecule has 1 amide bonds. The first-order valence-corrected chi connectivity index (χ1v) is 9.07. The van der Waals surface area contributed by atoms with Gasteiger partial charge in [0.05, 0.1) is 13.2 Å². The maximum absolute atomic E-state index is 12.4. The van der Waals surface area contributed by atoms with Gasteiger partial charge in [-0.1, -0.05) is 34.1 Å².